The molecule has 0 aliphatic heterocycles. The first kappa shape index (κ1) is 17.7. The second-order valence-electron chi connectivity index (χ2n) is 5.59. The van der Waals surface area contributed by atoms with Crippen molar-refractivity contribution in [3.63, 3.8) is 0 Å². The monoisotopic (exact) mass is 333 g/mol. The molecule has 2 aromatic rings. The fourth-order valence-corrected chi connectivity index (χ4v) is 3.52. The molecule has 124 valence electrons. The highest BCUT2D eigenvalue weighted by molar-refractivity contribution is 7.14. The highest BCUT2D eigenvalue weighted by Crippen LogP contribution is 2.23. The molecule has 5 heteroatoms. The molecule has 0 fully saturated rings. The fraction of sp³-hybridized carbons (Fsp3) is 0.389. The minimum atomic E-state index is -0.718. The van der Waals surface area contributed by atoms with E-state index in [0.717, 1.165) is 17.5 Å². The van der Waals surface area contributed by atoms with Crippen LogP contribution in [0.3, 0.4) is 0 Å². The lowest BCUT2D eigenvalue weighted by Crippen LogP contribution is -2.38. The molecule has 0 radical (unpaired) electrons. The van der Waals surface area contributed by atoms with E-state index in [1.807, 2.05) is 43.3 Å². The average molecular weight is 333 g/mol. The van der Waals surface area contributed by atoms with Crippen LogP contribution in [0.15, 0.2) is 36.4 Å². The lowest BCUT2D eigenvalue weighted by atomic mass is 10.0. The quantitative estimate of drug-likeness (QED) is 0.730. The summed E-state index contributed by atoms with van der Waals surface area (Å²) in [5.41, 5.74) is 1.90. The SMILES string of the molecule is CCc1sc(C(=O)N[C@@H](CO)C[C@@H](O)c2ccccc2)cc1C. The Morgan fingerprint density at radius 3 is 2.57 bits per heavy atom. The maximum atomic E-state index is 12.3. The van der Waals surface area contributed by atoms with Crippen molar-refractivity contribution >= 4 is 17.2 Å². The molecular weight excluding hydrogens is 310 g/mol. The molecule has 0 bridgehead atoms. The van der Waals surface area contributed by atoms with Gasteiger partial charge in [-0.2, -0.15) is 0 Å². The number of aryl methyl sites for hydroxylation is 2. The van der Waals surface area contributed by atoms with Crippen LogP contribution in [0.4, 0.5) is 0 Å². The Balaban J connectivity index is 1.99. The van der Waals surface area contributed by atoms with Crippen LogP contribution in [-0.4, -0.2) is 28.8 Å². The molecule has 1 amide bonds. The van der Waals surface area contributed by atoms with E-state index in [1.54, 1.807) is 0 Å². The predicted molar refractivity (Wildman–Crippen MR) is 92.8 cm³/mol. The Labute approximate surface area is 140 Å². The van der Waals surface area contributed by atoms with Crippen LogP contribution in [0.25, 0.3) is 0 Å². The van der Waals surface area contributed by atoms with E-state index in [0.29, 0.717) is 4.88 Å². The Morgan fingerprint density at radius 2 is 2.00 bits per heavy atom. The summed E-state index contributed by atoms with van der Waals surface area (Å²) in [6.45, 7) is 3.85. The van der Waals surface area contributed by atoms with Crippen molar-refractivity contribution in [2.75, 3.05) is 6.61 Å². The number of hydrogen-bond acceptors (Lipinski definition) is 4. The van der Waals surface area contributed by atoms with Crippen molar-refractivity contribution in [2.24, 2.45) is 0 Å². The van der Waals surface area contributed by atoms with Gasteiger partial charge in [0.2, 0.25) is 0 Å². The molecule has 0 unspecified atom stereocenters. The smallest absolute Gasteiger partial charge is 0.261 e. The molecule has 1 aromatic heterocycles. The number of aliphatic hydroxyl groups is 2. The standard InChI is InChI=1S/C18H23NO3S/c1-3-16-12(2)9-17(23-16)18(22)19-14(11-20)10-15(21)13-7-5-4-6-8-13/h4-9,14-15,20-21H,3,10-11H2,1-2H3,(H,19,22)/t14-,15-/m1/s1. The summed E-state index contributed by atoms with van der Waals surface area (Å²) in [5.74, 6) is -0.197. The van der Waals surface area contributed by atoms with Crippen molar-refractivity contribution in [3.8, 4) is 0 Å². The minimum Gasteiger partial charge on any atom is -0.394 e. The van der Waals surface area contributed by atoms with Crippen molar-refractivity contribution in [1.82, 2.24) is 5.32 Å². The fourth-order valence-electron chi connectivity index (χ4n) is 2.50. The van der Waals surface area contributed by atoms with Gasteiger partial charge in [-0.15, -0.1) is 11.3 Å². The van der Waals surface area contributed by atoms with Gasteiger partial charge in [-0.05, 0) is 37.0 Å². The third-order valence-electron chi connectivity index (χ3n) is 3.81. The Bertz CT molecular complexity index is 639. The lowest BCUT2D eigenvalue weighted by Gasteiger charge is -2.19. The Kier molecular flexibility index (Phi) is 6.33. The number of nitrogens with one attached hydrogen (secondary N) is 1. The van der Waals surface area contributed by atoms with Crippen LogP contribution in [0.2, 0.25) is 0 Å². The normalized spacial score (nSPS) is 13.6. The van der Waals surface area contributed by atoms with Crippen LogP contribution < -0.4 is 5.32 Å². The van der Waals surface area contributed by atoms with Gasteiger partial charge in [0.05, 0.1) is 23.6 Å². The number of carbonyl (C=O) groups excluding carboxylic acids is 1. The number of thiophene rings is 1. The minimum absolute atomic E-state index is 0.197. The Morgan fingerprint density at radius 1 is 1.30 bits per heavy atom. The zero-order valence-corrected chi connectivity index (χ0v) is 14.3. The van der Waals surface area contributed by atoms with Crippen LogP contribution in [0, 0.1) is 6.92 Å². The van der Waals surface area contributed by atoms with Gasteiger partial charge in [0.15, 0.2) is 0 Å². The first-order valence-corrected chi connectivity index (χ1v) is 8.60. The van der Waals surface area contributed by atoms with E-state index in [-0.39, 0.29) is 18.9 Å². The van der Waals surface area contributed by atoms with Crippen LogP contribution in [0.1, 0.15) is 45.1 Å². The summed E-state index contributed by atoms with van der Waals surface area (Å²) in [7, 11) is 0. The second kappa shape index (κ2) is 8.24. The van der Waals surface area contributed by atoms with E-state index >= 15 is 0 Å². The maximum absolute atomic E-state index is 12.3. The van der Waals surface area contributed by atoms with Gasteiger partial charge >= 0.3 is 0 Å². The van der Waals surface area contributed by atoms with Crippen molar-refractivity contribution < 1.29 is 15.0 Å². The molecule has 1 aromatic carbocycles. The third-order valence-corrected chi connectivity index (χ3v) is 5.19. The number of hydrogen-bond donors (Lipinski definition) is 3. The molecule has 0 saturated heterocycles. The van der Waals surface area contributed by atoms with Crippen molar-refractivity contribution in [1.29, 1.82) is 0 Å². The zero-order chi connectivity index (χ0) is 16.8. The summed E-state index contributed by atoms with van der Waals surface area (Å²) in [4.78, 5) is 14.2. The summed E-state index contributed by atoms with van der Waals surface area (Å²) >= 11 is 1.48. The molecule has 0 saturated carbocycles. The number of aliphatic hydroxyl groups excluding tert-OH is 2. The molecule has 3 N–H and O–H groups in total. The summed E-state index contributed by atoms with van der Waals surface area (Å²) in [5, 5.41) is 22.5. The molecule has 4 nitrogen and oxygen atoms in total. The van der Waals surface area contributed by atoms with E-state index in [1.165, 1.54) is 16.2 Å². The van der Waals surface area contributed by atoms with Gasteiger partial charge in [-0.25, -0.2) is 0 Å². The van der Waals surface area contributed by atoms with Gasteiger partial charge in [0, 0.05) is 4.88 Å². The van der Waals surface area contributed by atoms with Crippen LogP contribution >= 0.6 is 11.3 Å². The lowest BCUT2D eigenvalue weighted by molar-refractivity contribution is 0.0869. The van der Waals surface area contributed by atoms with E-state index in [2.05, 4.69) is 12.2 Å². The number of rotatable bonds is 7. The van der Waals surface area contributed by atoms with Gasteiger partial charge in [-0.1, -0.05) is 37.3 Å². The molecular formula is C18H23NO3S. The molecule has 23 heavy (non-hydrogen) atoms. The number of amides is 1. The first-order valence-electron chi connectivity index (χ1n) is 7.79. The topological polar surface area (TPSA) is 69.6 Å². The first-order chi connectivity index (χ1) is 11.0. The highest BCUT2D eigenvalue weighted by atomic mass is 32.1. The van der Waals surface area contributed by atoms with Crippen LogP contribution in [-0.2, 0) is 6.42 Å². The van der Waals surface area contributed by atoms with Crippen LogP contribution in [0.5, 0.6) is 0 Å². The summed E-state index contributed by atoms with van der Waals surface area (Å²) in [6.07, 6.45) is 0.460. The van der Waals surface area contributed by atoms with Gasteiger partial charge < -0.3 is 15.5 Å². The van der Waals surface area contributed by atoms with Gasteiger partial charge in [-0.3, -0.25) is 4.79 Å². The van der Waals surface area contributed by atoms with E-state index in [4.69, 9.17) is 0 Å². The Hall–Kier alpha value is -1.69. The highest BCUT2D eigenvalue weighted by Gasteiger charge is 2.19. The summed E-state index contributed by atoms with van der Waals surface area (Å²) < 4.78 is 0. The van der Waals surface area contributed by atoms with Gasteiger partial charge in [0.1, 0.15) is 0 Å². The van der Waals surface area contributed by atoms with Gasteiger partial charge in [0.25, 0.3) is 5.91 Å². The maximum Gasteiger partial charge on any atom is 0.261 e. The van der Waals surface area contributed by atoms with Crippen molar-refractivity contribution in [3.05, 3.63) is 57.3 Å². The largest absolute Gasteiger partial charge is 0.394 e. The predicted octanol–water partition coefficient (Wildman–Crippen LogP) is 2.83. The van der Waals surface area contributed by atoms with E-state index in [9.17, 15) is 15.0 Å². The molecule has 0 spiro atoms. The molecule has 0 aliphatic carbocycles. The molecule has 0 aliphatic rings. The molecule has 2 rings (SSSR count). The average Bonchev–Trinajstić information content (AvgIpc) is 2.96. The summed E-state index contributed by atoms with van der Waals surface area (Å²) in [6, 6.07) is 10.6. The zero-order valence-electron chi connectivity index (χ0n) is 13.5. The van der Waals surface area contributed by atoms with Crippen molar-refractivity contribution in [2.45, 2.75) is 38.8 Å². The number of carbonyl (C=O) groups is 1. The molecule has 2 atom stereocenters. The second-order valence-corrected chi connectivity index (χ2v) is 6.72. The van der Waals surface area contributed by atoms with E-state index < -0.39 is 12.1 Å². The molecule has 1 heterocycles. The number of benzene rings is 1. The third kappa shape index (κ3) is 4.64.